The van der Waals surface area contributed by atoms with Crippen LogP contribution < -0.4 is 5.43 Å². The zero-order chi connectivity index (χ0) is 19.3. The SMILES string of the molecule is O=C(O)c1cn(-c2c(F)cc(F)cc2F)c2c(Cl)c(F)c(F)cc2c1=O. The van der Waals surface area contributed by atoms with Crippen molar-refractivity contribution in [3.63, 3.8) is 0 Å². The zero-order valence-corrected chi connectivity index (χ0v) is 13.0. The lowest BCUT2D eigenvalue weighted by Gasteiger charge is -2.15. The summed E-state index contributed by atoms with van der Waals surface area (Å²) in [5.74, 6) is -9.19. The number of aromatic carboxylic acids is 1. The lowest BCUT2D eigenvalue weighted by atomic mass is 10.1. The van der Waals surface area contributed by atoms with Gasteiger partial charge in [0.15, 0.2) is 23.3 Å². The minimum absolute atomic E-state index is 0.288. The maximum atomic E-state index is 14.1. The third kappa shape index (κ3) is 2.60. The Morgan fingerprint density at radius 3 is 2.12 bits per heavy atom. The molecule has 0 saturated carbocycles. The number of carboxylic acid groups (broad SMARTS) is 1. The Labute approximate surface area is 145 Å². The van der Waals surface area contributed by atoms with E-state index in [0.29, 0.717) is 16.8 Å². The van der Waals surface area contributed by atoms with E-state index in [0.717, 1.165) is 0 Å². The van der Waals surface area contributed by atoms with Gasteiger partial charge in [-0.25, -0.2) is 26.7 Å². The van der Waals surface area contributed by atoms with Crippen LogP contribution in [0, 0.1) is 29.1 Å². The Bertz CT molecular complexity index is 1140. The maximum absolute atomic E-state index is 14.1. The number of rotatable bonds is 2. The number of carbonyl (C=O) groups is 1. The molecule has 26 heavy (non-hydrogen) atoms. The van der Waals surface area contributed by atoms with Crippen molar-refractivity contribution in [2.75, 3.05) is 0 Å². The van der Waals surface area contributed by atoms with Gasteiger partial charge in [0.2, 0.25) is 5.43 Å². The molecule has 1 N–H and O–H groups in total. The number of aromatic nitrogens is 1. The molecule has 2 aromatic carbocycles. The number of hydrogen-bond donors (Lipinski definition) is 1. The van der Waals surface area contributed by atoms with Crippen LogP contribution in [0.5, 0.6) is 0 Å². The Morgan fingerprint density at radius 2 is 1.58 bits per heavy atom. The van der Waals surface area contributed by atoms with Gasteiger partial charge >= 0.3 is 5.97 Å². The van der Waals surface area contributed by atoms with Crippen molar-refractivity contribution in [3.8, 4) is 5.69 Å². The summed E-state index contributed by atoms with van der Waals surface area (Å²) < 4.78 is 69.3. The molecule has 134 valence electrons. The van der Waals surface area contributed by atoms with Crippen molar-refractivity contribution in [2.45, 2.75) is 0 Å². The molecule has 3 rings (SSSR count). The quantitative estimate of drug-likeness (QED) is 0.531. The highest BCUT2D eigenvalue weighted by Gasteiger charge is 2.24. The number of fused-ring (bicyclic) bond motifs is 1. The van der Waals surface area contributed by atoms with Crippen LogP contribution in [0.2, 0.25) is 5.02 Å². The smallest absolute Gasteiger partial charge is 0.341 e. The minimum Gasteiger partial charge on any atom is -0.477 e. The van der Waals surface area contributed by atoms with Crippen LogP contribution in [-0.2, 0) is 0 Å². The molecule has 0 amide bonds. The second-order valence-electron chi connectivity index (χ2n) is 5.15. The third-order valence-corrected chi connectivity index (χ3v) is 3.92. The lowest BCUT2D eigenvalue weighted by molar-refractivity contribution is 0.0695. The average Bonchev–Trinajstić information content (AvgIpc) is 2.53. The topological polar surface area (TPSA) is 59.3 Å². The minimum atomic E-state index is -1.78. The fourth-order valence-corrected chi connectivity index (χ4v) is 2.77. The van der Waals surface area contributed by atoms with Gasteiger partial charge in [0.25, 0.3) is 0 Å². The predicted molar refractivity (Wildman–Crippen MR) is 81.3 cm³/mol. The van der Waals surface area contributed by atoms with Gasteiger partial charge in [0.1, 0.15) is 22.1 Å². The van der Waals surface area contributed by atoms with Crippen LogP contribution in [0.15, 0.2) is 29.2 Å². The molecule has 1 aromatic heterocycles. The van der Waals surface area contributed by atoms with E-state index in [9.17, 15) is 31.5 Å². The monoisotopic (exact) mass is 389 g/mol. The fraction of sp³-hybridized carbons (Fsp3) is 0. The highest BCUT2D eigenvalue weighted by atomic mass is 35.5. The van der Waals surface area contributed by atoms with Gasteiger partial charge < -0.3 is 9.67 Å². The normalized spacial score (nSPS) is 11.2. The van der Waals surface area contributed by atoms with Crippen molar-refractivity contribution in [2.24, 2.45) is 0 Å². The summed E-state index contributed by atoms with van der Waals surface area (Å²) in [7, 11) is 0. The summed E-state index contributed by atoms with van der Waals surface area (Å²) in [5.41, 5.74) is -3.92. The standard InChI is InChI=1S/C16H5ClF5NO3/c17-11-12(22)8(19)3-6-13(11)23(4-7(15(6)24)16(25)26)14-9(20)1-5(18)2-10(14)21/h1-4H,(H,25,26). The van der Waals surface area contributed by atoms with Crippen molar-refractivity contribution in [3.05, 3.63) is 74.3 Å². The fourth-order valence-electron chi connectivity index (χ4n) is 2.48. The Hall–Kier alpha value is -2.94. The summed E-state index contributed by atoms with van der Waals surface area (Å²) in [6.45, 7) is 0. The number of hydrogen-bond acceptors (Lipinski definition) is 2. The largest absolute Gasteiger partial charge is 0.477 e. The van der Waals surface area contributed by atoms with Crippen LogP contribution in [0.1, 0.15) is 10.4 Å². The average molecular weight is 390 g/mol. The molecule has 0 bridgehead atoms. The first kappa shape index (κ1) is 17.9. The summed E-state index contributed by atoms with van der Waals surface area (Å²) in [5, 5.41) is 7.38. The maximum Gasteiger partial charge on any atom is 0.341 e. The van der Waals surface area contributed by atoms with Crippen LogP contribution in [0.3, 0.4) is 0 Å². The lowest BCUT2D eigenvalue weighted by Crippen LogP contribution is -2.20. The van der Waals surface area contributed by atoms with E-state index in [2.05, 4.69) is 0 Å². The number of nitrogens with zero attached hydrogens (tertiary/aromatic N) is 1. The van der Waals surface area contributed by atoms with E-state index in [1.807, 2.05) is 0 Å². The van der Waals surface area contributed by atoms with E-state index in [-0.39, 0.29) is 12.1 Å². The summed E-state index contributed by atoms with van der Waals surface area (Å²) in [6, 6.07) is 0.939. The molecule has 0 aliphatic carbocycles. The second-order valence-corrected chi connectivity index (χ2v) is 5.53. The molecule has 1 heterocycles. The van der Waals surface area contributed by atoms with Crippen molar-refractivity contribution in [1.29, 1.82) is 0 Å². The first-order valence-electron chi connectivity index (χ1n) is 6.74. The van der Waals surface area contributed by atoms with Gasteiger partial charge in [0, 0.05) is 18.3 Å². The van der Waals surface area contributed by atoms with E-state index >= 15 is 0 Å². The molecule has 0 aliphatic rings. The van der Waals surface area contributed by atoms with Gasteiger partial charge in [-0.2, -0.15) is 0 Å². The Morgan fingerprint density at radius 1 is 1.00 bits per heavy atom. The molecule has 0 atom stereocenters. The van der Waals surface area contributed by atoms with Crippen molar-refractivity contribution >= 4 is 28.5 Å². The molecule has 3 aromatic rings. The highest BCUT2D eigenvalue weighted by molar-refractivity contribution is 6.35. The molecule has 0 spiro atoms. The predicted octanol–water partition coefficient (Wildman–Crippen LogP) is 4.04. The second kappa shape index (κ2) is 6.10. The number of pyridine rings is 1. The van der Waals surface area contributed by atoms with Crippen LogP contribution in [0.4, 0.5) is 22.0 Å². The molecule has 10 heteroatoms. The van der Waals surface area contributed by atoms with Crippen LogP contribution in [0.25, 0.3) is 16.6 Å². The van der Waals surface area contributed by atoms with E-state index < -0.39 is 67.7 Å². The van der Waals surface area contributed by atoms with Crippen molar-refractivity contribution < 1.29 is 31.9 Å². The van der Waals surface area contributed by atoms with Gasteiger partial charge in [-0.15, -0.1) is 0 Å². The zero-order valence-electron chi connectivity index (χ0n) is 12.3. The van der Waals surface area contributed by atoms with E-state index in [1.54, 1.807) is 0 Å². The summed E-state index contributed by atoms with van der Waals surface area (Å²) in [6.07, 6.45) is 0.496. The molecule has 0 aliphatic heterocycles. The third-order valence-electron chi connectivity index (χ3n) is 3.58. The molecular weight excluding hydrogens is 385 g/mol. The van der Waals surface area contributed by atoms with Gasteiger partial charge in [-0.3, -0.25) is 4.79 Å². The molecule has 0 saturated heterocycles. The van der Waals surface area contributed by atoms with E-state index in [1.165, 1.54) is 0 Å². The molecule has 0 radical (unpaired) electrons. The van der Waals surface area contributed by atoms with Gasteiger partial charge in [0.05, 0.1) is 10.9 Å². The van der Waals surface area contributed by atoms with Gasteiger partial charge in [-0.1, -0.05) is 11.6 Å². The summed E-state index contributed by atoms with van der Waals surface area (Å²) in [4.78, 5) is 23.5. The molecule has 4 nitrogen and oxygen atoms in total. The molecule has 0 fully saturated rings. The number of carboxylic acids is 1. The van der Waals surface area contributed by atoms with Crippen molar-refractivity contribution in [1.82, 2.24) is 4.57 Å². The van der Waals surface area contributed by atoms with E-state index in [4.69, 9.17) is 16.7 Å². The number of benzene rings is 2. The Balaban J connectivity index is 2.62. The number of halogens is 6. The first-order chi connectivity index (χ1) is 12.1. The Kier molecular flexibility index (Phi) is 4.19. The first-order valence-corrected chi connectivity index (χ1v) is 7.12. The molecular formula is C16H5ClF5NO3. The molecule has 0 unspecified atom stereocenters. The highest BCUT2D eigenvalue weighted by Crippen LogP contribution is 2.31. The van der Waals surface area contributed by atoms with Gasteiger partial charge in [-0.05, 0) is 6.07 Å². The summed E-state index contributed by atoms with van der Waals surface area (Å²) >= 11 is 5.69. The van der Waals surface area contributed by atoms with Crippen LogP contribution in [-0.4, -0.2) is 15.6 Å². The van der Waals surface area contributed by atoms with Crippen LogP contribution >= 0.6 is 11.6 Å².